The minimum atomic E-state index is 0.215. The van der Waals surface area contributed by atoms with Crippen molar-refractivity contribution in [2.75, 3.05) is 33.0 Å². The molecule has 0 spiro atoms. The molecule has 6 nitrogen and oxygen atoms in total. The van der Waals surface area contributed by atoms with Crippen LogP contribution in [0.2, 0.25) is 0 Å². The van der Waals surface area contributed by atoms with Crippen LogP contribution in [0.1, 0.15) is 32.6 Å². The summed E-state index contributed by atoms with van der Waals surface area (Å²) in [6, 6.07) is 14.2. The molecule has 0 aromatic heterocycles. The average molecular weight is 399 g/mol. The minimum Gasteiger partial charge on any atom is -0.508 e. The summed E-state index contributed by atoms with van der Waals surface area (Å²) in [6.45, 7) is 6.21. The lowest BCUT2D eigenvalue weighted by Crippen LogP contribution is -2.43. The Labute approximate surface area is 172 Å². The van der Waals surface area contributed by atoms with Gasteiger partial charge in [0.2, 0.25) is 0 Å². The molecule has 0 unspecified atom stereocenters. The molecular formula is C23H30N2O4. The van der Waals surface area contributed by atoms with Crippen molar-refractivity contribution in [1.29, 1.82) is 0 Å². The zero-order valence-corrected chi connectivity index (χ0v) is 17.0. The maximum atomic E-state index is 9.27. The smallest absolute Gasteiger partial charge is 0.119 e. The minimum absolute atomic E-state index is 0.215. The number of nitrogens with zero attached hydrogens (tertiary/aromatic N) is 2. The molecular weight excluding hydrogens is 368 g/mol. The molecule has 0 aliphatic carbocycles. The van der Waals surface area contributed by atoms with Crippen LogP contribution in [0.4, 0.5) is 11.4 Å². The van der Waals surface area contributed by atoms with Crippen molar-refractivity contribution in [2.24, 2.45) is 15.6 Å². The molecule has 1 aliphatic rings. The maximum absolute atomic E-state index is 9.27. The number of benzene rings is 2. The summed E-state index contributed by atoms with van der Waals surface area (Å²) in [7, 11) is 0. The summed E-state index contributed by atoms with van der Waals surface area (Å²) in [5.41, 5.74) is 1.70. The van der Waals surface area contributed by atoms with Crippen molar-refractivity contribution >= 4 is 11.4 Å². The number of phenolic OH excluding ortho intramolecular Hbond substituents is 1. The van der Waals surface area contributed by atoms with Gasteiger partial charge >= 0.3 is 0 Å². The second-order valence-corrected chi connectivity index (χ2v) is 7.83. The zero-order valence-electron chi connectivity index (χ0n) is 17.0. The third-order valence-electron chi connectivity index (χ3n) is 4.77. The summed E-state index contributed by atoms with van der Waals surface area (Å²) < 4.78 is 16.8. The molecule has 1 saturated heterocycles. The molecule has 156 valence electrons. The van der Waals surface area contributed by atoms with Crippen molar-refractivity contribution in [1.82, 2.24) is 0 Å². The monoisotopic (exact) mass is 398 g/mol. The van der Waals surface area contributed by atoms with E-state index in [1.807, 2.05) is 24.3 Å². The van der Waals surface area contributed by atoms with Crippen molar-refractivity contribution in [3.05, 3.63) is 48.5 Å². The summed E-state index contributed by atoms with van der Waals surface area (Å²) in [4.78, 5) is 0. The number of aromatic hydroxyl groups is 1. The Balaban J connectivity index is 1.24. The van der Waals surface area contributed by atoms with Crippen molar-refractivity contribution in [3.63, 3.8) is 0 Å². The molecule has 2 aromatic rings. The predicted octanol–water partition coefficient (Wildman–Crippen LogP) is 5.80. The van der Waals surface area contributed by atoms with Gasteiger partial charge in [-0.15, -0.1) is 0 Å². The van der Waals surface area contributed by atoms with E-state index < -0.39 is 0 Å². The summed E-state index contributed by atoms with van der Waals surface area (Å²) in [6.07, 6.45) is 4.43. The first-order valence-electron chi connectivity index (χ1n) is 10.2. The lowest BCUT2D eigenvalue weighted by atomic mass is 9.90. The van der Waals surface area contributed by atoms with E-state index in [4.69, 9.17) is 14.2 Å². The van der Waals surface area contributed by atoms with Crippen molar-refractivity contribution in [3.8, 4) is 11.5 Å². The highest BCUT2D eigenvalue weighted by molar-refractivity contribution is 5.43. The SMILES string of the molecule is CC1(COCCCCCCOc2ccc(N=Nc3ccc(O)cc3)cc2)COC1. The number of rotatable bonds is 12. The van der Waals surface area contributed by atoms with Crippen LogP contribution in [-0.2, 0) is 9.47 Å². The van der Waals surface area contributed by atoms with Crippen LogP contribution in [0.5, 0.6) is 11.5 Å². The molecule has 0 bridgehead atoms. The van der Waals surface area contributed by atoms with Gasteiger partial charge < -0.3 is 19.3 Å². The van der Waals surface area contributed by atoms with Gasteiger partial charge in [-0.05, 0) is 67.8 Å². The van der Waals surface area contributed by atoms with E-state index in [1.165, 1.54) is 0 Å². The van der Waals surface area contributed by atoms with Crippen LogP contribution in [0.3, 0.4) is 0 Å². The van der Waals surface area contributed by atoms with Gasteiger partial charge in [-0.1, -0.05) is 13.3 Å². The van der Waals surface area contributed by atoms with Crippen molar-refractivity contribution < 1.29 is 19.3 Å². The topological polar surface area (TPSA) is 72.6 Å². The van der Waals surface area contributed by atoms with E-state index in [0.29, 0.717) is 12.3 Å². The molecule has 6 heteroatoms. The number of azo groups is 1. The first-order valence-corrected chi connectivity index (χ1v) is 10.2. The van der Waals surface area contributed by atoms with Crippen LogP contribution in [0.25, 0.3) is 0 Å². The Morgan fingerprint density at radius 3 is 2.03 bits per heavy atom. The Morgan fingerprint density at radius 2 is 1.45 bits per heavy atom. The fraction of sp³-hybridized carbons (Fsp3) is 0.478. The maximum Gasteiger partial charge on any atom is 0.119 e. The van der Waals surface area contributed by atoms with Crippen LogP contribution in [-0.4, -0.2) is 38.1 Å². The summed E-state index contributed by atoms with van der Waals surface area (Å²) >= 11 is 0. The first kappa shape index (κ1) is 21.3. The van der Waals surface area contributed by atoms with Crippen LogP contribution >= 0.6 is 0 Å². The predicted molar refractivity (Wildman–Crippen MR) is 112 cm³/mol. The van der Waals surface area contributed by atoms with E-state index in [-0.39, 0.29) is 11.2 Å². The third-order valence-corrected chi connectivity index (χ3v) is 4.77. The van der Waals surface area contributed by atoms with Gasteiger partial charge in [0.15, 0.2) is 0 Å². The van der Waals surface area contributed by atoms with Crippen LogP contribution in [0, 0.1) is 5.41 Å². The molecule has 0 atom stereocenters. The molecule has 0 saturated carbocycles. The van der Waals surface area contributed by atoms with Crippen molar-refractivity contribution in [2.45, 2.75) is 32.6 Å². The van der Waals surface area contributed by atoms with Gasteiger partial charge in [-0.3, -0.25) is 0 Å². The lowest BCUT2D eigenvalue weighted by molar-refractivity contribution is -0.137. The zero-order chi connectivity index (χ0) is 20.4. The van der Waals surface area contributed by atoms with Gasteiger partial charge in [0, 0.05) is 12.0 Å². The molecule has 1 aliphatic heterocycles. The molecule has 2 aromatic carbocycles. The fourth-order valence-electron chi connectivity index (χ4n) is 2.95. The van der Waals surface area contributed by atoms with E-state index >= 15 is 0 Å². The Bertz CT molecular complexity index is 755. The quantitative estimate of drug-likeness (QED) is 0.362. The van der Waals surface area contributed by atoms with E-state index in [2.05, 4.69) is 17.2 Å². The lowest BCUT2D eigenvalue weighted by Gasteiger charge is -2.37. The summed E-state index contributed by atoms with van der Waals surface area (Å²) in [5, 5.41) is 17.6. The van der Waals surface area contributed by atoms with E-state index in [9.17, 15) is 5.11 Å². The molecule has 29 heavy (non-hydrogen) atoms. The number of unbranched alkanes of at least 4 members (excludes halogenated alkanes) is 3. The van der Waals surface area contributed by atoms with Crippen LogP contribution < -0.4 is 4.74 Å². The van der Waals surface area contributed by atoms with Crippen LogP contribution in [0.15, 0.2) is 58.8 Å². The Kier molecular flexibility index (Phi) is 8.02. The molecule has 1 fully saturated rings. The Hall–Kier alpha value is -2.44. The second kappa shape index (κ2) is 10.9. The highest BCUT2D eigenvalue weighted by Crippen LogP contribution is 2.26. The standard InChI is InChI=1S/C23H30N2O4/c1-23(17-28-18-23)16-27-14-4-2-3-5-15-29-22-12-8-20(9-13-22)25-24-19-6-10-21(26)11-7-19/h6-13,26H,2-5,14-18H2,1H3. The second-order valence-electron chi connectivity index (χ2n) is 7.83. The molecule has 0 amide bonds. The van der Waals surface area contributed by atoms with E-state index in [0.717, 1.165) is 63.5 Å². The largest absolute Gasteiger partial charge is 0.508 e. The fourth-order valence-corrected chi connectivity index (χ4v) is 2.95. The molecule has 1 heterocycles. The normalized spacial score (nSPS) is 15.3. The number of hydrogen-bond acceptors (Lipinski definition) is 6. The molecule has 3 rings (SSSR count). The molecule has 1 N–H and O–H groups in total. The number of phenols is 1. The van der Waals surface area contributed by atoms with Gasteiger partial charge in [-0.25, -0.2) is 0 Å². The van der Waals surface area contributed by atoms with E-state index in [1.54, 1.807) is 24.3 Å². The molecule has 0 radical (unpaired) electrons. The highest BCUT2D eigenvalue weighted by atomic mass is 16.5. The van der Waals surface area contributed by atoms with Gasteiger partial charge in [0.1, 0.15) is 11.5 Å². The first-order chi connectivity index (χ1) is 14.1. The number of hydrogen-bond donors (Lipinski definition) is 1. The van der Waals surface area contributed by atoms with Gasteiger partial charge in [0.05, 0.1) is 37.8 Å². The highest BCUT2D eigenvalue weighted by Gasteiger charge is 2.33. The average Bonchev–Trinajstić information content (AvgIpc) is 2.71. The summed E-state index contributed by atoms with van der Waals surface area (Å²) in [5.74, 6) is 1.06. The van der Waals surface area contributed by atoms with Gasteiger partial charge in [-0.2, -0.15) is 10.2 Å². The van der Waals surface area contributed by atoms with Gasteiger partial charge in [0.25, 0.3) is 0 Å². The third kappa shape index (κ3) is 7.48. The number of ether oxygens (including phenoxy) is 3. The Morgan fingerprint density at radius 1 is 0.862 bits per heavy atom.